The summed E-state index contributed by atoms with van der Waals surface area (Å²) in [7, 11) is 3.45. The summed E-state index contributed by atoms with van der Waals surface area (Å²) in [5.74, 6) is -0.299. The van der Waals surface area contributed by atoms with Crippen molar-refractivity contribution in [3.63, 3.8) is 0 Å². The number of halogens is 1. The highest BCUT2D eigenvalue weighted by molar-refractivity contribution is 5.78. The Hall–Kier alpha value is -1.46. The minimum absolute atomic E-state index is 0.00304. The third-order valence-electron chi connectivity index (χ3n) is 2.60. The molecule has 0 aliphatic carbocycles. The Bertz CT molecular complexity index is 395. The predicted octanol–water partition coefficient (Wildman–Crippen LogP) is 1.41. The summed E-state index contributed by atoms with van der Waals surface area (Å²) in [5.41, 5.74) is 0.974. The number of hydrogen-bond donors (Lipinski definition) is 1. The van der Waals surface area contributed by atoms with E-state index in [1.54, 1.807) is 19.2 Å². The number of amides is 1. The van der Waals surface area contributed by atoms with Gasteiger partial charge in [0, 0.05) is 19.7 Å². The van der Waals surface area contributed by atoms with Crippen molar-refractivity contribution in [2.45, 2.75) is 19.5 Å². The van der Waals surface area contributed by atoms with E-state index < -0.39 is 0 Å². The first-order valence-electron chi connectivity index (χ1n) is 6.22. The Kier molecular flexibility index (Phi) is 6.45. The van der Waals surface area contributed by atoms with Crippen LogP contribution in [0.15, 0.2) is 24.3 Å². The monoisotopic (exact) mass is 268 g/mol. The van der Waals surface area contributed by atoms with Crippen LogP contribution in [-0.2, 0) is 16.1 Å². The third kappa shape index (κ3) is 6.31. The normalized spacial score (nSPS) is 12.5. The molecule has 1 aromatic carbocycles. The number of nitrogens with one attached hydrogen (secondary N) is 1. The van der Waals surface area contributed by atoms with E-state index in [-0.39, 0.29) is 17.8 Å². The van der Waals surface area contributed by atoms with Crippen LogP contribution in [0.3, 0.4) is 0 Å². The van der Waals surface area contributed by atoms with E-state index in [2.05, 4.69) is 5.32 Å². The summed E-state index contributed by atoms with van der Waals surface area (Å²) in [6.07, 6.45) is 0. The van der Waals surface area contributed by atoms with Crippen molar-refractivity contribution in [2.24, 2.45) is 0 Å². The molecule has 1 aromatic rings. The lowest BCUT2D eigenvalue weighted by atomic mass is 10.2. The molecule has 0 bridgehead atoms. The van der Waals surface area contributed by atoms with Crippen LogP contribution < -0.4 is 5.32 Å². The topological polar surface area (TPSA) is 41.6 Å². The maximum absolute atomic E-state index is 12.8. The van der Waals surface area contributed by atoms with E-state index in [1.165, 1.54) is 12.1 Å². The molecule has 0 saturated carbocycles. The Labute approximate surface area is 113 Å². The van der Waals surface area contributed by atoms with Crippen molar-refractivity contribution in [1.29, 1.82) is 0 Å². The number of benzene rings is 1. The zero-order chi connectivity index (χ0) is 14.3. The number of hydrogen-bond acceptors (Lipinski definition) is 3. The summed E-state index contributed by atoms with van der Waals surface area (Å²) in [4.78, 5) is 13.6. The largest absolute Gasteiger partial charge is 0.383 e. The van der Waals surface area contributed by atoms with Crippen LogP contribution in [-0.4, -0.2) is 44.2 Å². The molecule has 1 rings (SSSR count). The fraction of sp³-hybridized carbons (Fsp3) is 0.500. The second kappa shape index (κ2) is 7.86. The molecule has 0 heterocycles. The van der Waals surface area contributed by atoms with Gasteiger partial charge in [-0.15, -0.1) is 0 Å². The smallest absolute Gasteiger partial charge is 0.234 e. The molecule has 1 amide bonds. The molecule has 0 aliphatic heterocycles. The van der Waals surface area contributed by atoms with Crippen molar-refractivity contribution < 1.29 is 13.9 Å². The number of likely N-dealkylation sites (N-methyl/N-ethyl adjacent to an activating group) is 1. The van der Waals surface area contributed by atoms with Crippen LogP contribution in [0.1, 0.15) is 12.5 Å². The number of rotatable bonds is 7. The molecule has 0 aromatic heterocycles. The minimum Gasteiger partial charge on any atom is -0.383 e. The fourth-order valence-corrected chi connectivity index (χ4v) is 1.81. The second-order valence-corrected chi connectivity index (χ2v) is 4.72. The molecule has 0 aliphatic rings. The van der Waals surface area contributed by atoms with E-state index in [4.69, 9.17) is 4.74 Å². The zero-order valence-electron chi connectivity index (χ0n) is 11.6. The van der Waals surface area contributed by atoms with Gasteiger partial charge in [-0.25, -0.2) is 4.39 Å². The molecule has 0 unspecified atom stereocenters. The van der Waals surface area contributed by atoms with Gasteiger partial charge < -0.3 is 10.1 Å². The Balaban J connectivity index is 2.36. The van der Waals surface area contributed by atoms with Crippen LogP contribution >= 0.6 is 0 Å². The molecule has 1 atom stereocenters. The van der Waals surface area contributed by atoms with Crippen LogP contribution in [0.4, 0.5) is 4.39 Å². The van der Waals surface area contributed by atoms with Gasteiger partial charge in [-0.2, -0.15) is 0 Å². The average molecular weight is 268 g/mol. The maximum Gasteiger partial charge on any atom is 0.234 e. The van der Waals surface area contributed by atoms with E-state index in [0.717, 1.165) is 5.56 Å². The summed E-state index contributed by atoms with van der Waals surface area (Å²) < 4.78 is 17.7. The number of carbonyl (C=O) groups excluding carboxylic acids is 1. The van der Waals surface area contributed by atoms with Crippen molar-refractivity contribution in [1.82, 2.24) is 10.2 Å². The van der Waals surface area contributed by atoms with Gasteiger partial charge in [-0.05, 0) is 31.7 Å². The van der Waals surface area contributed by atoms with Gasteiger partial charge in [-0.1, -0.05) is 12.1 Å². The third-order valence-corrected chi connectivity index (χ3v) is 2.60. The average Bonchev–Trinajstić information content (AvgIpc) is 2.32. The molecule has 106 valence electrons. The summed E-state index contributed by atoms with van der Waals surface area (Å²) >= 11 is 0. The SMILES string of the molecule is COC[C@H](C)NC(=O)CN(C)Cc1ccc(F)cc1. The van der Waals surface area contributed by atoms with Crippen LogP contribution in [0.5, 0.6) is 0 Å². The van der Waals surface area contributed by atoms with Gasteiger partial charge in [0.25, 0.3) is 0 Å². The zero-order valence-corrected chi connectivity index (χ0v) is 11.6. The Morgan fingerprint density at radius 2 is 2.05 bits per heavy atom. The van der Waals surface area contributed by atoms with Crippen molar-refractivity contribution in [3.05, 3.63) is 35.6 Å². The quantitative estimate of drug-likeness (QED) is 0.813. The summed E-state index contributed by atoms with van der Waals surface area (Å²) in [6.45, 7) is 3.28. The highest BCUT2D eigenvalue weighted by Crippen LogP contribution is 2.05. The van der Waals surface area contributed by atoms with Crippen LogP contribution in [0.25, 0.3) is 0 Å². The van der Waals surface area contributed by atoms with E-state index in [0.29, 0.717) is 19.7 Å². The second-order valence-electron chi connectivity index (χ2n) is 4.72. The number of methoxy groups -OCH3 is 1. The van der Waals surface area contributed by atoms with E-state index >= 15 is 0 Å². The standard InChI is InChI=1S/C14H21FN2O2/c1-11(10-19-3)16-14(18)9-17(2)8-12-4-6-13(15)7-5-12/h4-7,11H,8-10H2,1-3H3,(H,16,18)/t11-/m0/s1. The molecule has 0 fully saturated rings. The molecular formula is C14H21FN2O2. The minimum atomic E-state index is -0.252. The first-order chi connectivity index (χ1) is 9.01. The van der Waals surface area contributed by atoms with Gasteiger partial charge in [0.15, 0.2) is 0 Å². The van der Waals surface area contributed by atoms with Gasteiger partial charge in [0.2, 0.25) is 5.91 Å². The highest BCUT2D eigenvalue weighted by Gasteiger charge is 2.10. The van der Waals surface area contributed by atoms with Crippen LogP contribution in [0, 0.1) is 5.82 Å². The van der Waals surface area contributed by atoms with Gasteiger partial charge in [0.1, 0.15) is 5.82 Å². The molecule has 0 spiro atoms. The maximum atomic E-state index is 12.8. The molecular weight excluding hydrogens is 247 g/mol. The summed E-state index contributed by atoms with van der Waals surface area (Å²) in [5, 5.41) is 2.84. The molecule has 1 N–H and O–H groups in total. The molecule has 0 radical (unpaired) electrons. The number of carbonyl (C=O) groups is 1. The van der Waals surface area contributed by atoms with Gasteiger partial charge in [0.05, 0.1) is 13.2 Å². The van der Waals surface area contributed by atoms with E-state index in [1.807, 2.05) is 18.9 Å². The lowest BCUT2D eigenvalue weighted by Crippen LogP contribution is -2.41. The molecule has 5 heteroatoms. The molecule has 0 saturated heterocycles. The highest BCUT2D eigenvalue weighted by atomic mass is 19.1. The van der Waals surface area contributed by atoms with Crippen molar-refractivity contribution in [2.75, 3.05) is 27.3 Å². The lowest BCUT2D eigenvalue weighted by molar-refractivity contribution is -0.123. The van der Waals surface area contributed by atoms with Gasteiger partial charge in [-0.3, -0.25) is 9.69 Å². The summed E-state index contributed by atoms with van der Waals surface area (Å²) in [6, 6.07) is 6.28. The number of ether oxygens (including phenoxy) is 1. The Morgan fingerprint density at radius 3 is 2.63 bits per heavy atom. The van der Waals surface area contributed by atoms with Gasteiger partial charge >= 0.3 is 0 Å². The van der Waals surface area contributed by atoms with Crippen LogP contribution in [0.2, 0.25) is 0 Å². The first-order valence-corrected chi connectivity index (χ1v) is 6.22. The predicted molar refractivity (Wildman–Crippen MR) is 72.2 cm³/mol. The van der Waals surface area contributed by atoms with Crippen molar-refractivity contribution >= 4 is 5.91 Å². The molecule has 4 nitrogen and oxygen atoms in total. The molecule has 19 heavy (non-hydrogen) atoms. The fourth-order valence-electron chi connectivity index (χ4n) is 1.81. The van der Waals surface area contributed by atoms with Crippen molar-refractivity contribution in [3.8, 4) is 0 Å². The number of nitrogens with zero attached hydrogens (tertiary/aromatic N) is 1. The van der Waals surface area contributed by atoms with E-state index in [9.17, 15) is 9.18 Å². The lowest BCUT2D eigenvalue weighted by Gasteiger charge is -2.18. The Morgan fingerprint density at radius 1 is 1.42 bits per heavy atom. The first kappa shape index (κ1) is 15.6.